The normalized spacial score (nSPS) is 32.4. The molecule has 11 atom stereocenters. The van der Waals surface area contributed by atoms with Crippen LogP contribution in [-0.2, 0) is 114 Å². The average Bonchev–Trinajstić information content (AvgIpc) is 4.06. The summed E-state index contributed by atoms with van der Waals surface area (Å²) < 4.78 is 98.6. The summed E-state index contributed by atoms with van der Waals surface area (Å²) in [6.45, 7) is 31.1. The molecule has 0 spiro atoms. The molecule has 0 aromatic carbocycles. The van der Waals surface area contributed by atoms with Gasteiger partial charge in [0.2, 0.25) is 0 Å². The van der Waals surface area contributed by atoms with Gasteiger partial charge < -0.3 is 85.3 Å². The van der Waals surface area contributed by atoms with Gasteiger partial charge >= 0.3 is 35.8 Å². The Morgan fingerprint density at radius 1 is 0.368 bits per heavy atom. The second-order valence-electron chi connectivity index (χ2n) is 25.4. The van der Waals surface area contributed by atoms with Crippen LogP contribution in [0.5, 0.6) is 0 Å². The van der Waals surface area contributed by atoms with Crippen LogP contribution in [0.3, 0.4) is 0 Å². The number of unbranched alkanes of at least 4 members (excludes halogenated alkanes) is 1. The first kappa shape index (κ1) is 75.8. The van der Waals surface area contributed by atoms with E-state index in [0.29, 0.717) is 122 Å². The zero-order valence-electron chi connectivity index (χ0n) is 54.8. The molecule has 0 aliphatic carbocycles. The maximum atomic E-state index is 12.1. The molecule has 0 aromatic rings. The zero-order valence-corrected chi connectivity index (χ0v) is 54.8. The SMILES string of the molecule is CC(COC(=O)CCC1(C)CCC(C)CO1)COC(=O)CCC1(C)OCC(C)CO1.CC1COC(C)(CCC(=O)OCCCCOC(=O)CCC2(C)OCC(C)O2)O1.CC1COC(C)(CCC(=O)OCCOCCOC(=O)CCC2(C)OCC(C)O2)O1. The Hall–Kier alpha value is -3.66. The lowest BCUT2D eigenvalue weighted by molar-refractivity contribution is -0.274. The summed E-state index contributed by atoms with van der Waals surface area (Å²) in [5.41, 5.74) is -0.229. The molecule has 6 aliphatic heterocycles. The van der Waals surface area contributed by atoms with Crippen LogP contribution in [-0.4, -0.2) is 194 Å². The fraction of sp³-hybridized carbons (Fsp3) is 0.905. The molecule has 0 radical (unpaired) electrons. The Kier molecular flexibility index (Phi) is 32.8. The quantitative estimate of drug-likeness (QED) is 0.0338. The van der Waals surface area contributed by atoms with Crippen LogP contribution in [0.4, 0.5) is 0 Å². The molecule has 6 heterocycles. The molecule has 11 unspecified atom stereocenters. The van der Waals surface area contributed by atoms with E-state index in [1.54, 1.807) is 0 Å². The maximum Gasteiger partial charge on any atom is 0.306 e. The Morgan fingerprint density at radius 2 is 0.667 bits per heavy atom. The van der Waals surface area contributed by atoms with Crippen LogP contribution < -0.4 is 0 Å². The standard InChI is InChI=1S/C23H40O7.C20H34O9.C20H34O8/c1-17-6-9-22(4,28-14-17)10-7-20(24)26-12-18(2)13-27-21(25)8-11-23(5)29-15-19(3)16-30-23;1-15-13-26-19(3,28-15)7-5-17(21)24-11-9-23-10-12-25-18(22)6-8-20(4)27-14-16(2)29-20;1-15-13-25-19(3,27-15)9-7-17(21)23-11-5-6-12-24-18(22)8-10-20(4)26-14-16(2)28-20/h17-19H,6-16H2,1-5H3;15-16H,5-14H2,1-4H3;15-16H,5-14H2,1-4H3. The lowest BCUT2D eigenvalue weighted by atomic mass is 9.87. The van der Waals surface area contributed by atoms with Crippen molar-refractivity contribution < 1.29 is 114 Å². The van der Waals surface area contributed by atoms with E-state index < -0.39 is 28.9 Å². The van der Waals surface area contributed by atoms with Crippen molar-refractivity contribution in [3.8, 4) is 0 Å². The Balaban J connectivity index is 0.000000279. The third kappa shape index (κ3) is 31.8. The van der Waals surface area contributed by atoms with Gasteiger partial charge in [0.25, 0.3) is 0 Å². The van der Waals surface area contributed by atoms with Gasteiger partial charge in [-0.05, 0) is 107 Å². The van der Waals surface area contributed by atoms with E-state index in [1.807, 2.05) is 69.2 Å². The van der Waals surface area contributed by atoms with Gasteiger partial charge in [0, 0.05) is 57.0 Å². The Bertz CT molecular complexity index is 1920. The van der Waals surface area contributed by atoms with Gasteiger partial charge in [-0.2, -0.15) is 0 Å². The number of carbonyl (C=O) groups excluding carboxylic acids is 6. The van der Waals surface area contributed by atoms with E-state index >= 15 is 0 Å². The number of ether oxygens (including phenoxy) is 18. The molecule has 6 fully saturated rings. The molecule has 0 amide bonds. The van der Waals surface area contributed by atoms with Crippen LogP contribution in [0.15, 0.2) is 0 Å². The van der Waals surface area contributed by atoms with E-state index in [0.717, 1.165) is 19.4 Å². The summed E-state index contributed by atoms with van der Waals surface area (Å²) in [7, 11) is 0. The summed E-state index contributed by atoms with van der Waals surface area (Å²) in [5.74, 6) is -4.38. The van der Waals surface area contributed by atoms with Crippen LogP contribution in [0.25, 0.3) is 0 Å². The molecule has 504 valence electrons. The molecule has 0 aromatic heterocycles. The molecule has 6 aliphatic rings. The number of hydrogen-bond acceptors (Lipinski definition) is 24. The minimum Gasteiger partial charge on any atom is -0.466 e. The molecule has 0 bridgehead atoms. The van der Waals surface area contributed by atoms with Crippen molar-refractivity contribution in [2.24, 2.45) is 17.8 Å². The lowest BCUT2D eigenvalue weighted by Crippen LogP contribution is -2.41. The van der Waals surface area contributed by atoms with Gasteiger partial charge in [0.15, 0.2) is 28.9 Å². The fourth-order valence-corrected chi connectivity index (χ4v) is 9.86. The Labute approximate surface area is 516 Å². The zero-order chi connectivity index (χ0) is 64.2. The first-order valence-electron chi connectivity index (χ1n) is 31.7. The van der Waals surface area contributed by atoms with Crippen molar-refractivity contribution in [1.82, 2.24) is 0 Å². The molecule has 6 rings (SSSR count). The van der Waals surface area contributed by atoms with E-state index in [9.17, 15) is 28.8 Å². The molecule has 24 nitrogen and oxygen atoms in total. The summed E-state index contributed by atoms with van der Waals surface area (Å²) in [5, 5.41) is 0. The number of hydrogen-bond donors (Lipinski definition) is 0. The summed E-state index contributed by atoms with van der Waals surface area (Å²) >= 11 is 0. The van der Waals surface area contributed by atoms with Crippen molar-refractivity contribution in [2.45, 2.75) is 252 Å². The molecule has 87 heavy (non-hydrogen) atoms. The predicted molar refractivity (Wildman–Crippen MR) is 312 cm³/mol. The van der Waals surface area contributed by atoms with Crippen molar-refractivity contribution in [3.63, 3.8) is 0 Å². The molecule has 6 saturated heterocycles. The first-order chi connectivity index (χ1) is 41.0. The first-order valence-corrected chi connectivity index (χ1v) is 31.7. The molecule has 24 heteroatoms. The van der Waals surface area contributed by atoms with Crippen LogP contribution in [0.2, 0.25) is 0 Å². The van der Waals surface area contributed by atoms with Crippen molar-refractivity contribution in [1.29, 1.82) is 0 Å². The van der Waals surface area contributed by atoms with Gasteiger partial charge in [-0.1, -0.05) is 20.8 Å². The highest BCUT2D eigenvalue weighted by molar-refractivity contribution is 5.71. The molecular weight excluding hydrogens is 1140 g/mol. The Morgan fingerprint density at radius 3 is 0.989 bits per heavy atom. The highest BCUT2D eigenvalue weighted by atomic mass is 16.8. The second-order valence-corrected chi connectivity index (χ2v) is 25.4. The van der Waals surface area contributed by atoms with Gasteiger partial charge in [-0.3, -0.25) is 28.8 Å². The molecular formula is C63H108O24. The fourth-order valence-electron chi connectivity index (χ4n) is 9.86. The summed E-state index contributed by atoms with van der Waals surface area (Å²) in [4.78, 5) is 71.1. The third-order valence-electron chi connectivity index (χ3n) is 15.4. The van der Waals surface area contributed by atoms with Crippen molar-refractivity contribution in [2.75, 3.05) is 99.1 Å². The highest BCUT2D eigenvalue weighted by Gasteiger charge is 2.39. The maximum absolute atomic E-state index is 12.1. The van der Waals surface area contributed by atoms with E-state index in [2.05, 4.69) is 20.8 Å². The number of carbonyl (C=O) groups is 6. The van der Waals surface area contributed by atoms with Crippen LogP contribution >= 0.6 is 0 Å². The van der Waals surface area contributed by atoms with Crippen molar-refractivity contribution in [3.05, 3.63) is 0 Å². The third-order valence-corrected chi connectivity index (χ3v) is 15.4. The van der Waals surface area contributed by atoms with Crippen LogP contribution in [0.1, 0.15) is 193 Å². The minimum absolute atomic E-state index is 0.0367. The highest BCUT2D eigenvalue weighted by Crippen LogP contribution is 2.34. The topological polar surface area (TPSA) is 269 Å². The second kappa shape index (κ2) is 37.6. The van der Waals surface area contributed by atoms with Gasteiger partial charge in [0.1, 0.15) is 13.2 Å². The van der Waals surface area contributed by atoms with Crippen LogP contribution in [0, 0.1) is 17.8 Å². The largest absolute Gasteiger partial charge is 0.466 e. The summed E-state index contributed by atoms with van der Waals surface area (Å²) in [6.07, 6.45) is 8.02. The molecule has 0 N–H and O–H groups in total. The van der Waals surface area contributed by atoms with Gasteiger partial charge in [-0.25, -0.2) is 0 Å². The predicted octanol–water partition coefficient (Wildman–Crippen LogP) is 8.54. The lowest BCUT2D eigenvalue weighted by Gasteiger charge is -2.36. The number of rotatable bonds is 33. The summed E-state index contributed by atoms with van der Waals surface area (Å²) in [6, 6.07) is 0. The minimum atomic E-state index is -0.719. The van der Waals surface area contributed by atoms with E-state index in [-0.39, 0.29) is 143 Å². The monoisotopic (exact) mass is 1250 g/mol. The van der Waals surface area contributed by atoms with Crippen molar-refractivity contribution >= 4 is 35.8 Å². The van der Waals surface area contributed by atoms with Gasteiger partial charge in [0.05, 0.1) is 141 Å². The number of esters is 6. The van der Waals surface area contributed by atoms with E-state index in [4.69, 9.17) is 85.3 Å². The average molecular weight is 1250 g/mol. The van der Waals surface area contributed by atoms with Gasteiger partial charge in [-0.15, -0.1) is 0 Å². The smallest absolute Gasteiger partial charge is 0.306 e. The van der Waals surface area contributed by atoms with E-state index in [1.165, 1.54) is 0 Å². The molecule has 0 saturated carbocycles.